The molecule has 5 nitrogen and oxygen atoms in total. The zero-order chi connectivity index (χ0) is 14.5. The quantitative estimate of drug-likeness (QED) is 0.884. The maximum Gasteiger partial charge on any atom is 0.317 e. The van der Waals surface area contributed by atoms with Crippen LogP contribution in [-0.4, -0.2) is 42.3 Å². The van der Waals surface area contributed by atoms with Gasteiger partial charge in [-0.25, -0.2) is 4.79 Å². The van der Waals surface area contributed by atoms with Gasteiger partial charge in [0.25, 0.3) is 0 Å². The molecule has 2 N–H and O–H groups in total. The molecule has 0 spiro atoms. The van der Waals surface area contributed by atoms with Crippen LogP contribution in [0, 0.1) is 0 Å². The first kappa shape index (κ1) is 15.1. The highest BCUT2D eigenvalue weighted by Gasteiger charge is 2.21. The van der Waals surface area contributed by atoms with E-state index in [-0.39, 0.29) is 6.03 Å². The monoisotopic (exact) mass is 342 g/mol. The number of benzene rings is 1. The van der Waals surface area contributed by atoms with Crippen molar-refractivity contribution in [3.05, 3.63) is 28.2 Å². The van der Waals surface area contributed by atoms with Crippen molar-refractivity contribution in [2.75, 3.05) is 20.2 Å². The Hall–Kier alpha value is -1.27. The molecule has 1 atom stereocenters. The van der Waals surface area contributed by atoms with E-state index >= 15 is 0 Å². The van der Waals surface area contributed by atoms with Crippen molar-refractivity contribution in [2.24, 2.45) is 0 Å². The van der Waals surface area contributed by atoms with Gasteiger partial charge in [0.1, 0.15) is 5.75 Å². The van der Waals surface area contributed by atoms with E-state index < -0.39 is 6.10 Å². The van der Waals surface area contributed by atoms with Crippen molar-refractivity contribution in [2.45, 2.75) is 25.5 Å². The van der Waals surface area contributed by atoms with Crippen LogP contribution >= 0.6 is 15.9 Å². The van der Waals surface area contributed by atoms with E-state index in [1.54, 1.807) is 12.0 Å². The van der Waals surface area contributed by atoms with E-state index in [2.05, 4.69) is 21.2 Å². The number of ether oxygens (including phenoxy) is 1. The van der Waals surface area contributed by atoms with Gasteiger partial charge >= 0.3 is 6.03 Å². The zero-order valence-electron chi connectivity index (χ0n) is 11.4. The molecular weight excluding hydrogens is 324 g/mol. The minimum Gasteiger partial charge on any atom is -0.496 e. The van der Waals surface area contributed by atoms with Gasteiger partial charge in [-0.15, -0.1) is 0 Å². The molecule has 1 unspecified atom stereocenters. The van der Waals surface area contributed by atoms with Crippen LogP contribution in [0.15, 0.2) is 22.7 Å². The maximum absolute atomic E-state index is 12.1. The number of aliphatic hydroxyl groups is 1. The highest BCUT2D eigenvalue weighted by Crippen LogP contribution is 2.22. The Morgan fingerprint density at radius 2 is 2.40 bits per heavy atom. The van der Waals surface area contributed by atoms with Gasteiger partial charge in [0, 0.05) is 29.7 Å². The van der Waals surface area contributed by atoms with Gasteiger partial charge in [-0.3, -0.25) is 0 Å². The largest absolute Gasteiger partial charge is 0.496 e. The average Bonchev–Trinajstić information content (AvgIpc) is 2.45. The van der Waals surface area contributed by atoms with E-state index in [1.165, 1.54) is 0 Å². The van der Waals surface area contributed by atoms with Crippen molar-refractivity contribution in [1.29, 1.82) is 0 Å². The zero-order valence-corrected chi connectivity index (χ0v) is 13.0. The summed E-state index contributed by atoms with van der Waals surface area (Å²) in [6.07, 6.45) is 1.20. The molecule has 0 aromatic heterocycles. The third kappa shape index (κ3) is 3.86. The summed E-state index contributed by atoms with van der Waals surface area (Å²) < 4.78 is 6.21. The summed E-state index contributed by atoms with van der Waals surface area (Å²) in [6, 6.07) is 5.52. The van der Waals surface area contributed by atoms with E-state index in [0.29, 0.717) is 19.6 Å². The first-order chi connectivity index (χ1) is 9.60. The third-order valence-electron chi connectivity index (χ3n) is 3.36. The fraction of sp³-hybridized carbons (Fsp3) is 0.500. The number of piperidine rings is 1. The molecule has 1 aromatic carbocycles. The van der Waals surface area contributed by atoms with Gasteiger partial charge < -0.3 is 20.1 Å². The lowest BCUT2D eigenvalue weighted by Crippen LogP contribution is -2.46. The third-order valence-corrected chi connectivity index (χ3v) is 3.85. The van der Waals surface area contributed by atoms with Crippen LogP contribution in [-0.2, 0) is 6.54 Å². The molecule has 20 heavy (non-hydrogen) atoms. The molecular formula is C14H19BrN2O3. The lowest BCUT2D eigenvalue weighted by atomic mass is 10.1. The normalized spacial score (nSPS) is 18.8. The van der Waals surface area contributed by atoms with Crippen LogP contribution in [0.4, 0.5) is 4.79 Å². The smallest absolute Gasteiger partial charge is 0.317 e. The second-order valence-electron chi connectivity index (χ2n) is 4.86. The van der Waals surface area contributed by atoms with Crippen LogP contribution in [0.5, 0.6) is 5.75 Å². The molecule has 0 radical (unpaired) electrons. The van der Waals surface area contributed by atoms with Crippen molar-refractivity contribution >= 4 is 22.0 Å². The number of β-amino-alcohol motifs (C(OH)–C–C–N with tert-alkyl or cyclic N) is 1. The van der Waals surface area contributed by atoms with Crippen molar-refractivity contribution in [3.63, 3.8) is 0 Å². The standard InChI is InChI=1S/C14H19BrN2O3/c1-20-13-5-4-11(15)7-10(13)8-16-14(19)17-6-2-3-12(18)9-17/h4-5,7,12,18H,2-3,6,8-9H2,1H3,(H,16,19). The number of hydrogen-bond donors (Lipinski definition) is 2. The molecule has 1 saturated heterocycles. The molecule has 1 aliphatic rings. The molecule has 2 amide bonds. The average molecular weight is 343 g/mol. The molecule has 110 valence electrons. The van der Waals surface area contributed by atoms with Crippen molar-refractivity contribution in [3.8, 4) is 5.75 Å². The summed E-state index contributed by atoms with van der Waals surface area (Å²) in [5.74, 6) is 0.743. The summed E-state index contributed by atoms with van der Waals surface area (Å²) in [7, 11) is 1.61. The molecule has 0 saturated carbocycles. The number of rotatable bonds is 3. The molecule has 1 heterocycles. The number of urea groups is 1. The fourth-order valence-electron chi connectivity index (χ4n) is 2.31. The van der Waals surface area contributed by atoms with Crippen LogP contribution < -0.4 is 10.1 Å². The van der Waals surface area contributed by atoms with Gasteiger partial charge in [0.2, 0.25) is 0 Å². The highest BCUT2D eigenvalue weighted by molar-refractivity contribution is 9.10. The van der Waals surface area contributed by atoms with E-state index in [1.807, 2.05) is 18.2 Å². The van der Waals surface area contributed by atoms with Crippen LogP contribution in [0.25, 0.3) is 0 Å². The Kier molecular flexibility index (Phi) is 5.25. The van der Waals surface area contributed by atoms with E-state index in [4.69, 9.17) is 4.74 Å². The topological polar surface area (TPSA) is 61.8 Å². The number of nitrogens with zero attached hydrogens (tertiary/aromatic N) is 1. The molecule has 6 heteroatoms. The first-order valence-corrected chi connectivity index (χ1v) is 7.42. The number of methoxy groups -OCH3 is 1. The second kappa shape index (κ2) is 6.95. The molecule has 1 aromatic rings. The molecule has 1 aliphatic heterocycles. The number of carbonyl (C=O) groups excluding carboxylic acids is 1. The Morgan fingerprint density at radius 1 is 1.60 bits per heavy atom. The maximum atomic E-state index is 12.1. The Labute approximate surface area is 127 Å². The number of likely N-dealkylation sites (tertiary alicyclic amines) is 1. The Morgan fingerprint density at radius 3 is 3.10 bits per heavy atom. The fourth-order valence-corrected chi connectivity index (χ4v) is 2.72. The number of amides is 2. The lowest BCUT2D eigenvalue weighted by Gasteiger charge is -2.30. The van der Waals surface area contributed by atoms with Gasteiger partial charge in [0.05, 0.1) is 13.2 Å². The Balaban J connectivity index is 1.94. The second-order valence-corrected chi connectivity index (χ2v) is 5.77. The van der Waals surface area contributed by atoms with E-state index in [9.17, 15) is 9.90 Å². The summed E-state index contributed by atoms with van der Waals surface area (Å²) >= 11 is 3.41. The summed E-state index contributed by atoms with van der Waals surface area (Å²) in [5, 5.41) is 12.5. The summed E-state index contributed by atoms with van der Waals surface area (Å²) in [5.41, 5.74) is 0.910. The van der Waals surface area contributed by atoms with E-state index in [0.717, 1.165) is 28.6 Å². The van der Waals surface area contributed by atoms with Crippen molar-refractivity contribution < 1.29 is 14.6 Å². The number of halogens is 1. The van der Waals surface area contributed by atoms with Crippen LogP contribution in [0.3, 0.4) is 0 Å². The van der Waals surface area contributed by atoms with Crippen LogP contribution in [0.1, 0.15) is 18.4 Å². The highest BCUT2D eigenvalue weighted by atomic mass is 79.9. The predicted molar refractivity (Wildman–Crippen MR) is 79.7 cm³/mol. The minimum absolute atomic E-state index is 0.147. The molecule has 0 aliphatic carbocycles. The number of nitrogens with one attached hydrogen (secondary N) is 1. The predicted octanol–water partition coefficient (Wildman–Crippen LogP) is 2.12. The van der Waals surface area contributed by atoms with Crippen molar-refractivity contribution in [1.82, 2.24) is 10.2 Å². The lowest BCUT2D eigenvalue weighted by molar-refractivity contribution is 0.0841. The molecule has 1 fully saturated rings. The number of carbonyl (C=O) groups is 1. The van der Waals surface area contributed by atoms with Gasteiger partial charge in [-0.05, 0) is 31.0 Å². The summed E-state index contributed by atoms with van der Waals surface area (Å²) in [6.45, 7) is 1.49. The molecule has 2 rings (SSSR count). The Bertz CT molecular complexity index is 481. The number of hydrogen-bond acceptors (Lipinski definition) is 3. The van der Waals surface area contributed by atoms with Gasteiger partial charge in [-0.1, -0.05) is 15.9 Å². The van der Waals surface area contributed by atoms with Gasteiger partial charge in [0.15, 0.2) is 0 Å². The minimum atomic E-state index is -0.407. The number of aliphatic hydroxyl groups excluding tert-OH is 1. The van der Waals surface area contributed by atoms with Gasteiger partial charge in [-0.2, -0.15) is 0 Å². The SMILES string of the molecule is COc1ccc(Br)cc1CNC(=O)N1CCCC(O)C1. The molecule has 0 bridgehead atoms. The first-order valence-electron chi connectivity index (χ1n) is 6.63. The summed E-state index contributed by atoms with van der Waals surface area (Å²) in [4.78, 5) is 13.7. The van der Waals surface area contributed by atoms with Crippen LogP contribution in [0.2, 0.25) is 0 Å².